The van der Waals surface area contributed by atoms with Gasteiger partial charge in [-0.2, -0.15) is 0 Å². The number of imide groups is 2. The number of hydrogen-bond donors (Lipinski definition) is 2. The van der Waals surface area contributed by atoms with Crippen LogP contribution in [0.4, 0.5) is 10.5 Å². The topological polar surface area (TPSA) is 122 Å². The molecule has 9 heteroatoms. The highest BCUT2D eigenvalue weighted by Gasteiger charge is 2.37. The first-order valence-corrected chi connectivity index (χ1v) is 8.57. The van der Waals surface area contributed by atoms with Crippen molar-refractivity contribution in [2.75, 3.05) is 4.90 Å². The molecule has 2 aromatic heterocycles. The number of barbiturate groups is 1. The number of anilines is 1. The molecule has 0 radical (unpaired) electrons. The molecule has 1 aliphatic rings. The highest BCUT2D eigenvalue weighted by atomic mass is 16.4. The molecular formula is C20H14N4O5. The summed E-state index contributed by atoms with van der Waals surface area (Å²) in [5, 5.41) is 12.0. The number of para-hydroxylation sites is 1. The van der Waals surface area contributed by atoms with E-state index in [0.29, 0.717) is 16.5 Å². The Hall–Kier alpha value is -4.27. The molecule has 0 unspecified atom stereocenters. The molecule has 4 rings (SSSR count). The number of carbonyl (C=O) groups is 4. The molecule has 3 heterocycles. The van der Waals surface area contributed by atoms with E-state index in [9.17, 15) is 19.2 Å². The summed E-state index contributed by atoms with van der Waals surface area (Å²) >= 11 is 0. The standard InChI is InChI=1S/C20H14N4O5/c25-17(26)11-23-10-12(14-3-1-2-4-16(14)23)9-15-18(27)22-20(29)24(19(15)28)13-5-7-21-8-6-13/h1-10H,11H2,(H,25,26)(H,22,27,29)/b15-9+. The van der Waals surface area contributed by atoms with E-state index in [-0.39, 0.29) is 17.8 Å². The Bertz CT molecular complexity index is 1200. The highest BCUT2D eigenvalue weighted by Crippen LogP contribution is 2.26. The van der Waals surface area contributed by atoms with Crippen molar-refractivity contribution < 1.29 is 24.3 Å². The van der Waals surface area contributed by atoms with Crippen LogP contribution in [0.15, 0.2) is 60.6 Å². The van der Waals surface area contributed by atoms with Crippen molar-refractivity contribution in [2.45, 2.75) is 6.54 Å². The van der Waals surface area contributed by atoms with Crippen molar-refractivity contribution in [1.82, 2.24) is 14.9 Å². The van der Waals surface area contributed by atoms with E-state index < -0.39 is 23.8 Å². The minimum absolute atomic E-state index is 0.236. The number of amides is 4. The van der Waals surface area contributed by atoms with Gasteiger partial charge in [0.15, 0.2) is 0 Å². The van der Waals surface area contributed by atoms with Gasteiger partial charge in [0.2, 0.25) is 0 Å². The molecule has 0 aliphatic carbocycles. The van der Waals surface area contributed by atoms with E-state index in [1.807, 2.05) is 0 Å². The van der Waals surface area contributed by atoms with Gasteiger partial charge in [-0.15, -0.1) is 0 Å². The zero-order valence-electron chi connectivity index (χ0n) is 14.9. The lowest BCUT2D eigenvalue weighted by Crippen LogP contribution is -2.54. The Labute approximate surface area is 163 Å². The monoisotopic (exact) mass is 390 g/mol. The number of pyridine rings is 1. The van der Waals surface area contributed by atoms with Crippen LogP contribution in [0.25, 0.3) is 17.0 Å². The number of hydrogen-bond acceptors (Lipinski definition) is 5. The van der Waals surface area contributed by atoms with Crippen molar-refractivity contribution in [3.05, 3.63) is 66.1 Å². The van der Waals surface area contributed by atoms with Gasteiger partial charge in [-0.3, -0.25) is 24.7 Å². The zero-order valence-corrected chi connectivity index (χ0v) is 14.9. The van der Waals surface area contributed by atoms with Gasteiger partial charge in [-0.05, 0) is 24.3 Å². The average molecular weight is 390 g/mol. The van der Waals surface area contributed by atoms with E-state index in [2.05, 4.69) is 10.3 Å². The van der Waals surface area contributed by atoms with Crippen LogP contribution in [0.1, 0.15) is 5.56 Å². The number of benzene rings is 1. The van der Waals surface area contributed by atoms with E-state index in [0.717, 1.165) is 4.90 Å². The van der Waals surface area contributed by atoms with E-state index in [4.69, 9.17) is 5.11 Å². The number of nitrogens with one attached hydrogen (secondary N) is 1. The fraction of sp³-hybridized carbons (Fsp3) is 0.0500. The molecule has 144 valence electrons. The SMILES string of the molecule is O=C(O)Cn1cc(/C=C2\C(=O)NC(=O)N(c3ccncc3)C2=O)c2ccccc21. The van der Waals surface area contributed by atoms with Gasteiger partial charge in [-0.25, -0.2) is 9.69 Å². The average Bonchev–Trinajstić information content (AvgIpc) is 3.03. The molecule has 3 aromatic rings. The van der Waals surface area contributed by atoms with Crippen molar-refractivity contribution in [3.63, 3.8) is 0 Å². The third-order valence-corrected chi connectivity index (χ3v) is 4.45. The fourth-order valence-electron chi connectivity index (χ4n) is 3.21. The summed E-state index contributed by atoms with van der Waals surface area (Å²) in [7, 11) is 0. The molecule has 1 saturated heterocycles. The van der Waals surface area contributed by atoms with Crippen molar-refractivity contribution >= 4 is 46.5 Å². The lowest BCUT2D eigenvalue weighted by molar-refractivity contribution is -0.137. The van der Waals surface area contributed by atoms with Gasteiger partial charge in [0.1, 0.15) is 12.1 Å². The Morgan fingerprint density at radius 3 is 2.55 bits per heavy atom. The molecule has 0 saturated carbocycles. The predicted octanol–water partition coefficient (Wildman–Crippen LogP) is 1.79. The van der Waals surface area contributed by atoms with Crippen LogP contribution in [0, 0.1) is 0 Å². The molecule has 1 aromatic carbocycles. The Balaban J connectivity index is 1.81. The normalized spacial score (nSPS) is 15.8. The van der Waals surface area contributed by atoms with Gasteiger partial charge in [0.25, 0.3) is 11.8 Å². The van der Waals surface area contributed by atoms with Gasteiger partial charge >= 0.3 is 12.0 Å². The van der Waals surface area contributed by atoms with Gasteiger partial charge in [0.05, 0.1) is 5.69 Å². The highest BCUT2D eigenvalue weighted by molar-refractivity contribution is 6.39. The molecule has 0 atom stereocenters. The maximum Gasteiger partial charge on any atom is 0.335 e. The lowest BCUT2D eigenvalue weighted by Gasteiger charge is -2.26. The van der Waals surface area contributed by atoms with Gasteiger partial charge in [0, 0.05) is 35.1 Å². The Morgan fingerprint density at radius 2 is 1.83 bits per heavy atom. The summed E-state index contributed by atoms with van der Waals surface area (Å²) in [4.78, 5) is 53.3. The van der Waals surface area contributed by atoms with Crippen LogP contribution < -0.4 is 10.2 Å². The van der Waals surface area contributed by atoms with E-state index in [1.165, 1.54) is 35.2 Å². The summed E-state index contributed by atoms with van der Waals surface area (Å²) in [5.74, 6) is -2.62. The van der Waals surface area contributed by atoms with Crippen molar-refractivity contribution in [1.29, 1.82) is 0 Å². The number of urea groups is 1. The first kappa shape index (κ1) is 18.1. The molecule has 9 nitrogen and oxygen atoms in total. The molecular weight excluding hydrogens is 376 g/mol. The molecule has 0 spiro atoms. The second-order valence-electron chi connectivity index (χ2n) is 6.29. The van der Waals surface area contributed by atoms with Crippen LogP contribution in [-0.2, 0) is 20.9 Å². The number of fused-ring (bicyclic) bond motifs is 1. The summed E-state index contributed by atoms with van der Waals surface area (Å²) in [6.07, 6.45) is 5.77. The van der Waals surface area contributed by atoms with Crippen LogP contribution in [0.2, 0.25) is 0 Å². The van der Waals surface area contributed by atoms with Crippen molar-refractivity contribution in [2.24, 2.45) is 0 Å². The van der Waals surface area contributed by atoms with Crippen LogP contribution in [-0.4, -0.2) is 38.5 Å². The predicted molar refractivity (Wildman–Crippen MR) is 103 cm³/mol. The van der Waals surface area contributed by atoms with Crippen LogP contribution in [0.5, 0.6) is 0 Å². The Morgan fingerprint density at radius 1 is 1.10 bits per heavy atom. The first-order chi connectivity index (χ1) is 14.0. The number of aliphatic carboxylic acids is 1. The van der Waals surface area contributed by atoms with E-state index in [1.54, 1.807) is 30.5 Å². The van der Waals surface area contributed by atoms with Crippen molar-refractivity contribution in [3.8, 4) is 0 Å². The molecule has 2 N–H and O–H groups in total. The van der Waals surface area contributed by atoms with Gasteiger partial charge < -0.3 is 9.67 Å². The molecule has 29 heavy (non-hydrogen) atoms. The molecule has 0 bridgehead atoms. The third-order valence-electron chi connectivity index (χ3n) is 4.45. The number of aromatic nitrogens is 2. The number of carboxylic acid groups (broad SMARTS) is 1. The molecule has 1 aliphatic heterocycles. The van der Waals surface area contributed by atoms with E-state index >= 15 is 0 Å². The Kier molecular flexibility index (Phi) is 4.40. The fourth-order valence-corrected chi connectivity index (χ4v) is 3.21. The maximum atomic E-state index is 12.9. The first-order valence-electron chi connectivity index (χ1n) is 8.57. The minimum atomic E-state index is -1.02. The van der Waals surface area contributed by atoms with Crippen LogP contribution in [0.3, 0.4) is 0 Å². The number of nitrogens with zero attached hydrogens (tertiary/aromatic N) is 3. The quantitative estimate of drug-likeness (QED) is 0.517. The van der Waals surface area contributed by atoms with Gasteiger partial charge in [-0.1, -0.05) is 18.2 Å². The van der Waals surface area contributed by atoms with Crippen LogP contribution >= 0.6 is 0 Å². The summed E-state index contributed by atoms with van der Waals surface area (Å²) in [6.45, 7) is -0.272. The summed E-state index contributed by atoms with van der Waals surface area (Å²) < 4.78 is 1.51. The summed E-state index contributed by atoms with van der Waals surface area (Å²) in [6, 6.07) is 9.14. The molecule has 4 amide bonds. The lowest BCUT2D eigenvalue weighted by atomic mass is 10.1. The molecule has 1 fully saturated rings. The number of rotatable bonds is 4. The number of carbonyl (C=O) groups excluding carboxylic acids is 3. The maximum absolute atomic E-state index is 12.9. The zero-order chi connectivity index (χ0) is 20.5. The minimum Gasteiger partial charge on any atom is -0.480 e. The largest absolute Gasteiger partial charge is 0.480 e. The second-order valence-corrected chi connectivity index (χ2v) is 6.29. The number of carboxylic acids is 1. The summed E-state index contributed by atoms with van der Waals surface area (Å²) in [5.41, 5.74) is 1.17. The third kappa shape index (κ3) is 3.25. The smallest absolute Gasteiger partial charge is 0.335 e. The second kappa shape index (κ2) is 7.04.